The van der Waals surface area contributed by atoms with Gasteiger partial charge in [-0.2, -0.15) is 5.10 Å². The summed E-state index contributed by atoms with van der Waals surface area (Å²) in [4.78, 5) is 26.8. The Morgan fingerprint density at radius 3 is 2.79 bits per heavy atom. The molecule has 1 aliphatic rings. The number of ether oxygens (including phenoxy) is 1. The van der Waals surface area contributed by atoms with Gasteiger partial charge in [0.25, 0.3) is 5.91 Å². The molecule has 0 saturated carbocycles. The highest BCUT2D eigenvalue weighted by atomic mass is 16.5. The third-order valence-corrected chi connectivity index (χ3v) is 4.79. The van der Waals surface area contributed by atoms with Crippen LogP contribution in [0.3, 0.4) is 0 Å². The zero-order valence-corrected chi connectivity index (χ0v) is 15.7. The van der Waals surface area contributed by atoms with Crippen LogP contribution in [0.15, 0.2) is 40.9 Å². The second-order valence-corrected chi connectivity index (χ2v) is 6.54. The second-order valence-electron chi connectivity index (χ2n) is 6.54. The second kappa shape index (κ2) is 7.30. The molecule has 0 N–H and O–H groups in total. The van der Waals surface area contributed by atoms with E-state index in [1.54, 1.807) is 29.6 Å². The predicted molar refractivity (Wildman–Crippen MR) is 99.5 cm³/mol. The molecule has 28 heavy (non-hydrogen) atoms. The summed E-state index contributed by atoms with van der Waals surface area (Å²) in [7, 11) is 1.79. The lowest BCUT2D eigenvalue weighted by molar-refractivity contribution is 0.0512. The van der Waals surface area contributed by atoms with Crippen molar-refractivity contribution in [2.24, 2.45) is 7.05 Å². The van der Waals surface area contributed by atoms with Crippen molar-refractivity contribution in [2.45, 2.75) is 19.9 Å². The lowest BCUT2D eigenvalue weighted by Gasteiger charge is -2.26. The number of aromatic nitrogens is 3. The molecule has 0 fully saturated rings. The van der Waals surface area contributed by atoms with Gasteiger partial charge in [-0.3, -0.25) is 9.48 Å². The third kappa shape index (κ3) is 3.17. The number of carbonyl (C=O) groups is 2. The number of hydrogen-bond donors (Lipinski definition) is 0. The highest BCUT2D eigenvalue weighted by molar-refractivity contribution is 5.93. The maximum atomic E-state index is 12.9. The highest BCUT2D eigenvalue weighted by Gasteiger charge is 2.31. The monoisotopic (exact) mass is 380 g/mol. The molecule has 1 amide bonds. The number of nitrogens with zero attached hydrogens (tertiary/aromatic N) is 4. The Kier molecular flexibility index (Phi) is 4.68. The largest absolute Gasteiger partial charge is 0.461 e. The van der Waals surface area contributed by atoms with Gasteiger partial charge in [0.05, 0.1) is 13.2 Å². The molecule has 144 valence electrons. The average molecular weight is 380 g/mol. The van der Waals surface area contributed by atoms with Crippen molar-refractivity contribution in [3.05, 3.63) is 59.1 Å². The van der Waals surface area contributed by atoms with Gasteiger partial charge in [-0.25, -0.2) is 4.79 Å². The Balaban J connectivity index is 1.57. The number of hydrogen-bond acceptors (Lipinski definition) is 6. The lowest BCUT2D eigenvalue weighted by atomic mass is 10.0. The average Bonchev–Trinajstić information content (AvgIpc) is 3.33. The van der Waals surface area contributed by atoms with Crippen molar-refractivity contribution >= 4 is 11.9 Å². The molecule has 0 radical (unpaired) electrons. The van der Waals surface area contributed by atoms with E-state index in [1.807, 2.05) is 30.3 Å². The number of amides is 1. The van der Waals surface area contributed by atoms with E-state index in [-0.39, 0.29) is 30.5 Å². The highest BCUT2D eigenvalue weighted by Crippen LogP contribution is 2.25. The Labute approximate surface area is 161 Å². The molecule has 0 atom stereocenters. The molecular weight excluding hydrogens is 360 g/mol. The van der Waals surface area contributed by atoms with E-state index in [0.717, 1.165) is 16.8 Å². The van der Waals surface area contributed by atoms with E-state index in [9.17, 15) is 9.59 Å². The quantitative estimate of drug-likeness (QED) is 0.646. The molecule has 1 aromatic carbocycles. The maximum Gasteiger partial charge on any atom is 0.359 e. The molecule has 0 bridgehead atoms. The number of carbonyl (C=O) groups excluding carboxylic acids is 2. The molecule has 8 nitrogen and oxygen atoms in total. The van der Waals surface area contributed by atoms with E-state index in [2.05, 4.69) is 10.3 Å². The number of benzene rings is 1. The summed E-state index contributed by atoms with van der Waals surface area (Å²) in [6.07, 6.45) is 0.601. The molecule has 1 aliphatic heterocycles. The van der Waals surface area contributed by atoms with Crippen LogP contribution in [-0.2, 0) is 24.8 Å². The molecule has 3 heterocycles. The van der Waals surface area contributed by atoms with Gasteiger partial charge >= 0.3 is 5.97 Å². The van der Waals surface area contributed by atoms with Crippen LogP contribution >= 0.6 is 0 Å². The van der Waals surface area contributed by atoms with E-state index < -0.39 is 5.97 Å². The number of esters is 1. The van der Waals surface area contributed by atoms with Crippen LogP contribution in [0.1, 0.15) is 39.2 Å². The first-order valence-corrected chi connectivity index (χ1v) is 9.11. The van der Waals surface area contributed by atoms with Crippen molar-refractivity contribution in [1.82, 2.24) is 19.8 Å². The van der Waals surface area contributed by atoms with Crippen LogP contribution in [0.2, 0.25) is 0 Å². The zero-order valence-electron chi connectivity index (χ0n) is 15.7. The summed E-state index contributed by atoms with van der Waals surface area (Å²) in [5.74, 6) is -0.567. The van der Waals surface area contributed by atoms with E-state index in [1.165, 1.54) is 0 Å². The Morgan fingerprint density at radius 2 is 2.04 bits per heavy atom. The first kappa shape index (κ1) is 18.0. The van der Waals surface area contributed by atoms with Crippen molar-refractivity contribution in [3.8, 4) is 11.3 Å². The molecule has 0 aliphatic carbocycles. The zero-order chi connectivity index (χ0) is 19.7. The van der Waals surface area contributed by atoms with Crippen LogP contribution in [0.5, 0.6) is 0 Å². The molecule has 0 unspecified atom stereocenters. The van der Waals surface area contributed by atoms with Crippen LogP contribution in [0.4, 0.5) is 0 Å². The minimum atomic E-state index is -0.473. The van der Waals surface area contributed by atoms with Crippen molar-refractivity contribution in [3.63, 3.8) is 0 Å². The standard InChI is InChI=1S/C20H20N4O4/c1-3-27-20(26)18-14-12-24(10-9-16(14)23(2)21-18)19(25)17-11-15(22-28-17)13-7-5-4-6-8-13/h4-8,11H,3,9-10,12H2,1-2H3. The first-order chi connectivity index (χ1) is 13.6. The molecule has 0 spiro atoms. The van der Waals surface area contributed by atoms with Gasteiger partial charge in [-0.15, -0.1) is 0 Å². The van der Waals surface area contributed by atoms with Crippen LogP contribution in [-0.4, -0.2) is 44.9 Å². The summed E-state index contributed by atoms with van der Waals surface area (Å²) in [5, 5.41) is 8.30. The SMILES string of the molecule is CCOC(=O)c1nn(C)c2c1CN(C(=O)c1cc(-c3ccccc3)no1)CC2. The molecule has 3 aromatic rings. The van der Waals surface area contributed by atoms with E-state index in [4.69, 9.17) is 9.26 Å². The Bertz CT molecular complexity index is 1020. The fraction of sp³-hybridized carbons (Fsp3) is 0.300. The molecule has 0 saturated heterocycles. The van der Waals surface area contributed by atoms with Crippen molar-refractivity contribution in [2.75, 3.05) is 13.2 Å². The summed E-state index contributed by atoms with van der Waals surface area (Å²) in [6.45, 7) is 2.80. The third-order valence-electron chi connectivity index (χ3n) is 4.79. The fourth-order valence-electron chi connectivity index (χ4n) is 3.41. The molecule has 4 rings (SSSR count). The minimum Gasteiger partial charge on any atom is -0.461 e. The maximum absolute atomic E-state index is 12.9. The summed E-state index contributed by atoms with van der Waals surface area (Å²) >= 11 is 0. The predicted octanol–water partition coefficient (Wildman–Crippen LogP) is 2.45. The summed E-state index contributed by atoms with van der Waals surface area (Å²) < 4.78 is 12.1. The van der Waals surface area contributed by atoms with Crippen molar-refractivity contribution in [1.29, 1.82) is 0 Å². The van der Waals surface area contributed by atoms with Gasteiger partial charge < -0.3 is 14.2 Å². The number of rotatable bonds is 4. The van der Waals surface area contributed by atoms with Gasteiger partial charge in [0, 0.05) is 42.9 Å². The van der Waals surface area contributed by atoms with E-state index in [0.29, 0.717) is 18.7 Å². The Morgan fingerprint density at radius 1 is 1.25 bits per heavy atom. The summed E-state index contributed by atoms with van der Waals surface area (Å²) in [5.41, 5.74) is 3.41. The van der Waals surface area contributed by atoms with Crippen molar-refractivity contribution < 1.29 is 18.8 Å². The van der Waals surface area contributed by atoms with Crippen LogP contribution in [0.25, 0.3) is 11.3 Å². The number of aryl methyl sites for hydroxylation is 1. The van der Waals surface area contributed by atoms with E-state index >= 15 is 0 Å². The normalized spacial score (nSPS) is 13.3. The number of fused-ring (bicyclic) bond motifs is 1. The van der Waals surface area contributed by atoms with Crippen LogP contribution < -0.4 is 0 Å². The minimum absolute atomic E-state index is 0.170. The molecule has 8 heteroatoms. The van der Waals surface area contributed by atoms with Gasteiger partial charge in [0.2, 0.25) is 5.76 Å². The summed E-state index contributed by atoms with van der Waals surface area (Å²) in [6, 6.07) is 11.2. The Hall–Kier alpha value is -3.42. The van der Waals surface area contributed by atoms with Gasteiger partial charge in [-0.05, 0) is 6.92 Å². The smallest absolute Gasteiger partial charge is 0.359 e. The fourth-order valence-corrected chi connectivity index (χ4v) is 3.41. The van der Waals surface area contributed by atoms with Gasteiger partial charge in [0.15, 0.2) is 5.69 Å². The van der Waals surface area contributed by atoms with Crippen LogP contribution in [0, 0.1) is 0 Å². The molecular formula is C20H20N4O4. The molecule has 2 aromatic heterocycles. The first-order valence-electron chi connectivity index (χ1n) is 9.11. The lowest BCUT2D eigenvalue weighted by Crippen LogP contribution is -2.36. The van der Waals surface area contributed by atoms with Gasteiger partial charge in [-0.1, -0.05) is 35.5 Å². The van der Waals surface area contributed by atoms with Gasteiger partial charge in [0.1, 0.15) is 5.69 Å². The topological polar surface area (TPSA) is 90.5 Å².